The van der Waals surface area contributed by atoms with Crippen molar-refractivity contribution in [2.75, 3.05) is 26.2 Å². The fourth-order valence-electron chi connectivity index (χ4n) is 2.69. The van der Waals surface area contributed by atoms with E-state index in [1.807, 2.05) is 30.3 Å². The Kier molecular flexibility index (Phi) is 5.69. The minimum absolute atomic E-state index is 0.00340. The maximum absolute atomic E-state index is 12.4. The number of hydrogen-bond donors (Lipinski definition) is 1. The quantitative estimate of drug-likeness (QED) is 0.884. The molecule has 1 saturated heterocycles. The van der Waals surface area contributed by atoms with Crippen molar-refractivity contribution in [3.05, 3.63) is 60.2 Å². The van der Waals surface area contributed by atoms with Crippen LogP contribution in [0.3, 0.4) is 0 Å². The van der Waals surface area contributed by atoms with Crippen LogP contribution in [-0.4, -0.2) is 52.9 Å². The molecule has 1 N–H and O–H groups in total. The minimum atomic E-state index is -0.329. The number of nitrogens with one attached hydrogen (secondary N) is 1. The molecule has 0 saturated carbocycles. The number of rotatable bonds is 5. The summed E-state index contributed by atoms with van der Waals surface area (Å²) < 4.78 is 5.77. The fraction of sp³-hybridized carbons (Fsp3) is 0.333. The lowest BCUT2D eigenvalue weighted by molar-refractivity contribution is -0.138. The molecule has 0 aliphatic carbocycles. The molecule has 1 aromatic carbocycles. The van der Waals surface area contributed by atoms with Gasteiger partial charge in [0, 0.05) is 31.9 Å². The van der Waals surface area contributed by atoms with Gasteiger partial charge in [0.1, 0.15) is 11.8 Å². The third kappa shape index (κ3) is 4.60. The Balaban J connectivity index is 1.47. The van der Waals surface area contributed by atoms with Crippen molar-refractivity contribution in [3.63, 3.8) is 0 Å². The Hall–Kier alpha value is -2.80. The zero-order chi connectivity index (χ0) is 17.5. The molecule has 1 aliphatic heterocycles. The topological polar surface area (TPSA) is 84.4 Å². The predicted molar refractivity (Wildman–Crippen MR) is 90.7 cm³/mol. The molecular weight excluding hydrogens is 320 g/mol. The van der Waals surface area contributed by atoms with Crippen LogP contribution in [0, 0.1) is 0 Å². The van der Waals surface area contributed by atoms with E-state index >= 15 is 0 Å². The van der Waals surface area contributed by atoms with Crippen LogP contribution in [0.25, 0.3) is 0 Å². The Labute approximate surface area is 146 Å². The normalized spacial score (nSPS) is 17.1. The SMILES string of the molecule is O=C(NCCC(=O)N1CCO[C@H](c2ccccc2)C1)c1cnccn1. The van der Waals surface area contributed by atoms with E-state index in [1.165, 1.54) is 18.6 Å². The van der Waals surface area contributed by atoms with E-state index in [4.69, 9.17) is 4.74 Å². The van der Waals surface area contributed by atoms with Crippen molar-refractivity contribution in [1.29, 1.82) is 0 Å². The van der Waals surface area contributed by atoms with Gasteiger partial charge in [0.2, 0.25) is 5.91 Å². The smallest absolute Gasteiger partial charge is 0.271 e. The summed E-state index contributed by atoms with van der Waals surface area (Å²) in [4.78, 5) is 33.8. The van der Waals surface area contributed by atoms with Gasteiger partial charge in [-0.2, -0.15) is 0 Å². The highest BCUT2D eigenvalue weighted by Crippen LogP contribution is 2.22. The van der Waals surface area contributed by atoms with Gasteiger partial charge in [-0.05, 0) is 5.56 Å². The largest absolute Gasteiger partial charge is 0.370 e. The minimum Gasteiger partial charge on any atom is -0.370 e. The molecule has 2 heterocycles. The molecular formula is C18H20N4O3. The van der Waals surface area contributed by atoms with E-state index in [0.29, 0.717) is 19.7 Å². The molecule has 0 spiro atoms. The number of nitrogens with zero attached hydrogens (tertiary/aromatic N) is 3. The number of carbonyl (C=O) groups excluding carboxylic acids is 2. The predicted octanol–water partition coefficient (Wildman–Crippen LogP) is 1.20. The molecule has 1 aliphatic rings. The van der Waals surface area contributed by atoms with Gasteiger partial charge in [-0.1, -0.05) is 30.3 Å². The van der Waals surface area contributed by atoms with Gasteiger partial charge >= 0.3 is 0 Å². The highest BCUT2D eigenvalue weighted by Gasteiger charge is 2.25. The van der Waals surface area contributed by atoms with Crippen LogP contribution in [0.15, 0.2) is 48.9 Å². The lowest BCUT2D eigenvalue weighted by Crippen LogP contribution is -2.43. The van der Waals surface area contributed by atoms with Crippen LogP contribution in [0.5, 0.6) is 0 Å². The summed E-state index contributed by atoms with van der Waals surface area (Å²) in [5.74, 6) is -0.325. The molecule has 0 radical (unpaired) electrons. The number of aromatic nitrogens is 2. The number of morpholine rings is 1. The third-order valence-corrected chi connectivity index (χ3v) is 4.01. The molecule has 7 nitrogen and oxygen atoms in total. The van der Waals surface area contributed by atoms with E-state index in [9.17, 15) is 9.59 Å². The molecule has 25 heavy (non-hydrogen) atoms. The Morgan fingerprint density at radius 2 is 2.08 bits per heavy atom. The standard InChI is InChI=1S/C18H20N4O3/c23-17(6-7-21-18(24)15-12-19-8-9-20-15)22-10-11-25-16(13-22)14-4-2-1-3-5-14/h1-5,8-9,12,16H,6-7,10-11,13H2,(H,21,24)/t16-/m0/s1. The lowest BCUT2D eigenvalue weighted by atomic mass is 10.1. The monoisotopic (exact) mass is 340 g/mol. The summed E-state index contributed by atoms with van der Waals surface area (Å²) in [6.07, 6.45) is 4.49. The molecule has 1 atom stereocenters. The summed E-state index contributed by atoms with van der Waals surface area (Å²) in [5.41, 5.74) is 1.31. The second kappa shape index (κ2) is 8.34. The average Bonchev–Trinajstić information content (AvgIpc) is 2.69. The molecule has 3 rings (SSSR count). The van der Waals surface area contributed by atoms with E-state index in [0.717, 1.165) is 5.56 Å². The summed E-state index contributed by atoms with van der Waals surface area (Å²) in [6, 6.07) is 9.87. The third-order valence-electron chi connectivity index (χ3n) is 4.01. The van der Waals surface area contributed by atoms with Gasteiger partial charge < -0.3 is 15.0 Å². The van der Waals surface area contributed by atoms with E-state index < -0.39 is 0 Å². The summed E-state index contributed by atoms with van der Waals surface area (Å²) >= 11 is 0. The van der Waals surface area contributed by atoms with Crippen molar-refractivity contribution in [2.45, 2.75) is 12.5 Å². The van der Waals surface area contributed by atoms with Crippen LogP contribution in [0.4, 0.5) is 0 Å². The second-order valence-electron chi connectivity index (χ2n) is 5.71. The van der Waals surface area contributed by atoms with Crippen molar-refractivity contribution in [2.24, 2.45) is 0 Å². The maximum atomic E-state index is 12.4. The molecule has 2 amide bonds. The fourth-order valence-corrected chi connectivity index (χ4v) is 2.69. The van der Waals surface area contributed by atoms with Gasteiger partial charge in [0.15, 0.2) is 0 Å². The van der Waals surface area contributed by atoms with Crippen LogP contribution >= 0.6 is 0 Å². The zero-order valence-corrected chi connectivity index (χ0v) is 13.8. The first-order valence-electron chi connectivity index (χ1n) is 8.22. The zero-order valence-electron chi connectivity index (χ0n) is 13.8. The lowest BCUT2D eigenvalue weighted by Gasteiger charge is -2.33. The molecule has 0 unspecified atom stereocenters. The van der Waals surface area contributed by atoms with Crippen LogP contribution in [0.1, 0.15) is 28.6 Å². The highest BCUT2D eigenvalue weighted by molar-refractivity contribution is 5.92. The Morgan fingerprint density at radius 3 is 2.84 bits per heavy atom. The molecule has 1 aromatic heterocycles. The van der Waals surface area contributed by atoms with Crippen molar-refractivity contribution < 1.29 is 14.3 Å². The number of benzene rings is 1. The first-order valence-corrected chi connectivity index (χ1v) is 8.22. The van der Waals surface area contributed by atoms with Crippen LogP contribution in [-0.2, 0) is 9.53 Å². The van der Waals surface area contributed by atoms with E-state index in [2.05, 4.69) is 15.3 Å². The average molecular weight is 340 g/mol. The van der Waals surface area contributed by atoms with Gasteiger partial charge in [-0.15, -0.1) is 0 Å². The number of carbonyl (C=O) groups is 2. The first kappa shape index (κ1) is 17.0. The van der Waals surface area contributed by atoms with Gasteiger partial charge in [0.25, 0.3) is 5.91 Å². The molecule has 130 valence electrons. The Morgan fingerprint density at radius 1 is 1.24 bits per heavy atom. The number of hydrogen-bond acceptors (Lipinski definition) is 5. The van der Waals surface area contributed by atoms with Gasteiger partial charge in [-0.3, -0.25) is 14.6 Å². The summed E-state index contributed by atoms with van der Waals surface area (Å²) in [6.45, 7) is 1.88. The molecule has 2 aromatic rings. The Bertz CT molecular complexity index is 709. The number of amides is 2. The maximum Gasteiger partial charge on any atom is 0.271 e. The van der Waals surface area contributed by atoms with Crippen molar-refractivity contribution >= 4 is 11.8 Å². The van der Waals surface area contributed by atoms with Gasteiger partial charge in [-0.25, -0.2) is 4.98 Å². The van der Waals surface area contributed by atoms with E-state index in [1.54, 1.807) is 4.90 Å². The summed E-state index contributed by atoms with van der Waals surface area (Å²) in [7, 11) is 0. The van der Waals surface area contributed by atoms with Crippen molar-refractivity contribution in [1.82, 2.24) is 20.2 Å². The van der Waals surface area contributed by atoms with Crippen molar-refractivity contribution in [3.8, 4) is 0 Å². The van der Waals surface area contributed by atoms with Crippen LogP contribution in [0.2, 0.25) is 0 Å². The summed E-state index contributed by atoms with van der Waals surface area (Å²) in [5, 5.41) is 2.69. The molecule has 0 bridgehead atoms. The molecule has 7 heteroatoms. The van der Waals surface area contributed by atoms with Gasteiger partial charge in [0.05, 0.1) is 19.3 Å². The van der Waals surface area contributed by atoms with E-state index in [-0.39, 0.29) is 36.6 Å². The van der Waals surface area contributed by atoms with Crippen LogP contribution < -0.4 is 5.32 Å². The first-order chi connectivity index (χ1) is 12.2. The highest BCUT2D eigenvalue weighted by atomic mass is 16.5. The second-order valence-corrected chi connectivity index (χ2v) is 5.71. The molecule has 1 fully saturated rings. The number of ether oxygens (including phenoxy) is 1.